The van der Waals surface area contributed by atoms with Crippen LogP contribution in [0.15, 0.2) is 17.3 Å². The Bertz CT molecular complexity index is 495. The molecular weight excluding hydrogens is 216 g/mol. The normalized spacial score (nSPS) is 21.6. The minimum Gasteiger partial charge on any atom is -0.265 e. The lowest BCUT2D eigenvalue weighted by atomic mass is 10.1. The van der Waals surface area contributed by atoms with Crippen molar-refractivity contribution in [1.82, 2.24) is 9.78 Å². The van der Waals surface area contributed by atoms with Crippen molar-refractivity contribution in [2.75, 3.05) is 0 Å². The van der Waals surface area contributed by atoms with E-state index in [-0.39, 0.29) is 11.8 Å². The Morgan fingerprint density at radius 2 is 2.59 bits per heavy atom. The Labute approximate surface area is 99.8 Å². The van der Waals surface area contributed by atoms with Crippen LogP contribution in [0.5, 0.6) is 0 Å². The first kappa shape index (κ1) is 11.5. The first-order valence-electron chi connectivity index (χ1n) is 5.79. The highest BCUT2D eigenvalue weighted by atomic mass is 16.1. The summed E-state index contributed by atoms with van der Waals surface area (Å²) in [5, 5.41) is 13.0. The van der Waals surface area contributed by atoms with E-state index >= 15 is 0 Å². The zero-order chi connectivity index (χ0) is 12.3. The van der Waals surface area contributed by atoms with E-state index in [0.29, 0.717) is 12.2 Å². The van der Waals surface area contributed by atoms with Gasteiger partial charge < -0.3 is 0 Å². The van der Waals surface area contributed by atoms with Crippen molar-refractivity contribution in [2.24, 2.45) is 10.9 Å². The molecule has 88 valence electrons. The van der Waals surface area contributed by atoms with Crippen LogP contribution in [0.4, 0.5) is 0 Å². The maximum Gasteiger partial charge on any atom is 0.295 e. The van der Waals surface area contributed by atoms with Crippen molar-refractivity contribution in [3.63, 3.8) is 0 Å². The number of aliphatic imine (C=N–C) groups is 1. The zero-order valence-electron chi connectivity index (χ0n) is 9.76. The molecule has 1 aromatic rings. The molecule has 0 saturated heterocycles. The van der Waals surface area contributed by atoms with Gasteiger partial charge >= 0.3 is 0 Å². The number of hydrogen-bond acceptors (Lipinski definition) is 3. The number of aromatic nitrogens is 2. The van der Waals surface area contributed by atoms with Crippen LogP contribution in [-0.2, 0) is 6.54 Å². The number of carbonyl (C=O) groups excluding carboxylic acids is 1. The fourth-order valence-corrected chi connectivity index (χ4v) is 2.06. The summed E-state index contributed by atoms with van der Waals surface area (Å²) in [6.45, 7) is 2.56. The molecule has 0 aromatic carbocycles. The molecule has 0 N–H and O–H groups in total. The van der Waals surface area contributed by atoms with Crippen molar-refractivity contribution >= 4 is 11.6 Å². The van der Waals surface area contributed by atoms with Crippen molar-refractivity contribution in [3.8, 4) is 6.07 Å². The van der Waals surface area contributed by atoms with Crippen molar-refractivity contribution < 1.29 is 4.79 Å². The molecule has 1 aliphatic carbocycles. The summed E-state index contributed by atoms with van der Waals surface area (Å²) in [4.78, 5) is 16.0. The lowest BCUT2D eigenvalue weighted by Crippen LogP contribution is -2.12. The summed E-state index contributed by atoms with van der Waals surface area (Å²) in [5.41, 5.74) is 1.21. The predicted octanol–water partition coefficient (Wildman–Crippen LogP) is 1.81. The Hall–Kier alpha value is -1.96. The average Bonchev–Trinajstić information content (AvgIpc) is 2.96. The topological polar surface area (TPSA) is 71.0 Å². The largest absolute Gasteiger partial charge is 0.295 e. The molecular formula is C12H14N4O. The quantitative estimate of drug-likeness (QED) is 0.777. The molecule has 1 atom stereocenters. The molecule has 1 unspecified atom stereocenters. The molecule has 1 aliphatic rings. The highest BCUT2D eigenvalue weighted by molar-refractivity contribution is 6.05. The molecule has 1 heterocycles. The summed E-state index contributed by atoms with van der Waals surface area (Å²) in [5.74, 6) is -0.474. The van der Waals surface area contributed by atoms with Gasteiger partial charge in [0.1, 0.15) is 5.69 Å². The molecule has 0 radical (unpaired) electrons. The van der Waals surface area contributed by atoms with Crippen LogP contribution in [0.3, 0.4) is 0 Å². The summed E-state index contributed by atoms with van der Waals surface area (Å²) in [6.07, 6.45) is 4.10. The fraction of sp³-hybridized carbons (Fsp3) is 0.500. The molecule has 0 bridgehead atoms. The van der Waals surface area contributed by atoms with Crippen LogP contribution in [0.2, 0.25) is 0 Å². The SMILES string of the molecule is CCn1nccc1C(=O)N=C1CCCC1C#N. The second kappa shape index (κ2) is 4.91. The van der Waals surface area contributed by atoms with Gasteiger partial charge in [-0.3, -0.25) is 9.48 Å². The lowest BCUT2D eigenvalue weighted by Gasteiger charge is -2.02. The first-order valence-corrected chi connectivity index (χ1v) is 5.79. The molecule has 1 amide bonds. The predicted molar refractivity (Wildman–Crippen MR) is 62.6 cm³/mol. The van der Waals surface area contributed by atoms with E-state index in [1.165, 1.54) is 0 Å². The van der Waals surface area contributed by atoms with E-state index in [4.69, 9.17) is 5.26 Å². The smallest absolute Gasteiger partial charge is 0.265 e. The van der Waals surface area contributed by atoms with E-state index in [1.807, 2.05) is 6.92 Å². The number of amides is 1. The number of carbonyl (C=O) groups is 1. The minimum atomic E-state index is -0.290. The van der Waals surface area contributed by atoms with Crippen molar-refractivity contribution in [2.45, 2.75) is 32.7 Å². The maximum absolute atomic E-state index is 11.9. The van der Waals surface area contributed by atoms with Crippen LogP contribution in [-0.4, -0.2) is 21.4 Å². The standard InChI is InChI=1S/C12H14N4O/c1-2-16-11(6-7-14-16)12(17)15-10-5-3-4-9(10)8-13/h6-7,9H,2-5H2,1H3. The van der Waals surface area contributed by atoms with E-state index in [9.17, 15) is 4.79 Å². The van der Waals surface area contributed by atoms with Gasteiger partial charge in [0.25, 0.3) is 5.91 Å². The molecule has 1 fully saturated rings. The van der Waals surface area contributed by atoms with Gasteiger partial charge in [0, 0.05) is 18.5 Å². The van der Waals surface area contributed by atoms with E-state index in [0.717, 1.165) is 25.0 Å². The van der Waals surface area contributed by atoms with Crippen LogP contribution in [0.1, 0.15) is 36.7 Å². The molecule has 5 nitrogen and oxygen atoms in total. The van der Waals surface area contributed by atoms with Gasteiger partial charge in [0.2, 0.25) is 0 Å². The van der Waals surface area contributed by atoms with E-state index in [1.54, 1.807) is 16.9 Å². The number of nitriles is 1. The van der Waals surface area contributed by atoms with Crippen LogP contribution in [0.25, 0.3) is 0 Å². The Morgan fingerprint density at radius 3 is 3.29 bits per heavy atom. The second-order valence-corrected chi connectivity index (χ2v) is 4.01. The Morgan fingerprint density at radius 1 is 1.76 bits per heavy atom. The second-order valence-electron chi connectivity index (χ2n) is 4.01. The maximum atomic E-state index is 11.9. The average molecular weight is 230 g/mol. The van der Waals surface area contributed by atoms with Crippen LogP contribution >= 0.6 is 0 Å². The van der Waals surface area contributed by atoms with Gasteiger partial charge in [-0.15, -0.1) is 0 Å². The van der Waals surface area contributed by atoms with Gasteiger partial charge in [-0.25, -0.2) is 4.99 Å². The third-order valence-corrected chi connectivity index (χ3v) is 2.96. The third kappa shape index (κ3) is 2.26. The van der Waals surface area contributed by atoms with Gasteiger partial charge in [0.05, 0.1) is 12.0 Å². The minimum absolute atomic E-state index is 0.183. The molecule has 2 rings (SSSR count). The summed E-state index contributed by atoms with van der Waals surface area (Å²) >= 11 is 0. The van der Waals surface area contributed by atoms with E-state index < -0.39 is 0 Å². The number of aryl methyl sites for hydroxylation is 1. The highest BCUT2D eigenvalue weighted by Crippen LogP contribution is 2.22. The highest BCUT2D eigenvalue weighted by Gasteiger charge is 2.23. The molecule has 1 saturated carbocycles. The zero-order valence-corrected chi connectivity index (χ0v) is 9.76. The van der Waals surface area contributed by atoms with Crippen molar-refractivity contribution in [1.29, 1.82) is 5.26 Å². The van der Waals surface area contributed by atoms with E-state index in [2.05, 4.69) is 16.2 Å². The van der Waals surface area contributed by atoms with Gasteiger partial charge in [-0.2, -0.15) is 10.4 Å². The third-order valence-electron chi connectivity index (χ3n) is 2.96. The monoisotopic (exact) mass is 230 g/mol. The first-order chi connectivity index (χ1) is 8.26. The molecule has 1 aromatic heterocycles. The van der Waals surface area contributed by atoms with Gasteiger partial charge in [0.15, 0.2) is 0 Å². The van der Waals surface area contributed by atoms with Crippen molar-refractivity contribution in [3.05, 3.63) is 18.0 Å². The molecule has 0 aliphatic heterocycles. The molecule has 0 spiro atoms. The number of rotatable bonds is 2. The Balaban J connectivity index is 2.22. The lowest BCUT2D eigenvalue weighted by molar-refractivity contribution is 0.0992. The number of nitrogens with zero attached hydrogens (tertiary/aromatic N) is 4. The summed E-state index contributed by atoms with van der Waals surface area (Å²) in [7, 11) is 0. The summed E-state index contributed by atoms with van der Waals surface area (Å²) in [6, 6.07) is 3.85. The molecule has 5 heteroatoms. The van der Waals surface area contributed by atoms with Gasteiger partial charge in [-0.1, -0.05) is 0 Å². The molecule has 17 heavy (non-hydrogen) atoms. The van der Waals surface area contributed by atoms with Gasteiger partial charge in [-0.05, 0) is 32.3 Å². The van der Waals surface area contributed by atoms with Crippen LogP contribution in [0, 0.1) is 17.2 Å². The summed E-state index contributed by atoms with van der Waals surface area (Å²) < 4.78 is 1.61. The van der Waals surface area contributed by atoms with Crippen LogP contribution < -0.4 is 0 Å². The number of hydrogen-bond donors (Lipinski definition) is 0. The Kier molecular flexibility index (Phi) is 3.33. The fourth-order valence-electron chi connectivity index (χ4n) is 2.06.